The Morgan fingerprint density at radius 2 is 1.50 bits per heavy atom. The summed E-state index contributed by atoms with van der Waals surface area (Å²) in [5.41, 5.74) is 4.48. The summed E-state index contributed by atoms with van der Waals surface area (Å²) in [5.74, 6) is 1.46. The van der Waals surface area contributed by atoms with Crippen molar-refractivity contribution < 1.29 is 0 Å². The SMILES string of the molecule is CSC(=NC(C)C)Nc1c(C2CCCC2)cccc1C1CCCC1. The standard InChI is InChI=1S/C21H32N2S/c1-15(2)22-21(24-3)23-20-18(16-9-4-5-10-16)13-8-14-19(20)17-11-6-7-12-17/h8,13-17H,4-7,9-12H2,1-3H3,(H,22,23). The van der Waals surface area contributed by atoms with Crippen LogP contribution in [0, 0.1) is 0 Å². The first-order chi connectivity index (χ1) is 11.7. The second kappa shape index (κ2) is 8.42. The number of nitrogens with zero attached hydrogens (tertiary/aromatic N) is 1. The predicted octanol–water partition coefficient (Wildman–Crippen LogP) is 6.54. The van der Waals surface area contributed by atoms with Crippen LogP contribution in [0.25, 0.3) is 0 Å². The molecule has 2 nitrogen and oxygen atoms in total. The van der Waals surface area contributed by atoms with Crippen molar-refractivity contribution in [2.24, 2.45) is 4.99 Å². The van der Waals surface area contributed by atoms with E-state index in [1.807, 2.05) is 0 Å². The number of benzene rings is 1. The molecule has 0 amide bonds. The van der Waals surface area contributed by atoms with Crippen molar-refractivity contribution in [2.45, 2.75) is 83.1 Å². The number of rotatable bonds is 4. The van der Waals surface area contributed by atoms with Crippen LogP contribution in [0.15, 0.2) is 23.2 Å². The van der Waals surface area contributed by atoms with Gasteiger partial charge in [-0.1, -0.05) is 55.6 Å². The highest BCUT2D eigenvalue weighted by atomic mass is 32.2. The van der Waals surface area contributed by atoms with Gasteiger partial charge in [-0.3, -0.25) is 4.99 Å². The van der Waals surface area contributed by atoms with E-state index < -0.39 is 0 Å². The summed E-state index contributed by atoms with van der Waals surface area (Å²) in [5, 5.41) is 4.83. The molecular formula is C21H32N2S. The fourth-order valence-corrected chi connectivity index (χ4v) is 4.88. The molecule has 24 heavy (non-hydrogen) atoms. The molecule has 0 aromatic heterocycles. The minimum atomic E-state index is 0.327. The number of anilines is 1. The Balaban J connectivity index is 1.98. The quantitative estimate of drug-likeness (QED) is 0.495. The number of thioether (sulfide) groups is 1. The highest BCUT2D eigenvalue weighted by molar-refractivity contribution is 8.13. The van der Waals surface area contributed by atoms with Crippen molar-refractivity contribution in [2.75, 3.05) is 11.6 Å². The zero-order valence-electron chi connectivity index (χ0n) is 15.5. The summed E-state index contributed by atoms with van der Waals surface area (Å²) < 4.78 is 0. The second-order valence-electron chi connectivity index (χ2n) is 7.63. The summed E-state index contributed by atoms with van der Waals surface area (Å²) in [6, 6.07) is 7.35. The van der Waals surface area contributed by atoms with Crippen LogP contribution < -0.4 is 5.32 Å². The lowest BCUT2D eigenvalue weighted by atomic mass is 9.88. The van der Waals surface area contributed by atoms with Crippen LogP contribution in [0.5, 0.6) is 0 Å². The van der Waals surface area contributed by atoms with Crippen molar-refractivity contribution in [3.05, 3.63) is 29.3 Å². The number of hydrogen-bond donors (Lipinski definition) is 1. The molecule has 3 rings (SSSR count). The molecule has 2 aliphatic rings. The molecule has 0 bridgehead atoms. The smallest absolute Gasteiger partial charge is 0.161 e. The first kappa shape index (κ1) is 17.8. The fourth-order valence-electron chi connectivity index (χ4n) is 4.36. The minimum absolute atomic E-state index is 0.327. The highest BCUT2D eigenvalue weighted by Gasteiger charge is 2.26. The molecule has 1 aromatic rings. The monoisotopic (exact) mass is 344 g/mol. The van der Waals surface area contributed by atoms with Gasteiger partial charge in [-0.25, -0.2) is 0 Å². The molecule has 1 aromatic carbocycles. The molecule has 0 unspecified atom stereocenters. The third-order valence-corrected chi connectivity index (χ3v) is 6.11. The van der Waals surface area contributed by atoms with Crippen molar-refractivity contribution in [1.29, 1.82) is 0 Å². The number of amidine groups is 1. The van der Waals surface area contributed by atoms with Gasteiger partial charge in [0.2, 0.25) is 0 Å². The lowest BCUT2D eigenvalue weighted by molar-refractivity contribution is 0.704. The van der Waals surface area contributed by atoms with Crippen LogP contribution in [-0.2, 0) is 0 Å². The highest BCUT2D eigenvalue weighted by Crippen LogP contribution is 2.44. The van der Waals surface area contributed by atoms with E-state index in [1.54, 1.807) is 22.9 Å². The van der Waals surface area contributed by atoms with Crippen molar-refractivity contribution in [3.63, 3.8) is 0 Å². The van der Waals surface area contributed by atoms with Gasteiger partial charge in [0.05, 0.1) is 0 Å². The van der Waals surface area contributed by atoms with Gasteiger partial charge in [-0.15, -0.1) is 0 Å². The van der Waals surface area contributed by atoms with E-state index in [2.05, 4.69) is 43.6 Å². The molecule has 2 saturated carbocycles. The molecule has 0 heterocycles. The molecule has 132 valence electrons. The third kappa shape index (κ3) is 4.17. The van der Waals surface area contributed by atoms with Gasteiger partial charge in [0.15, 0.2) is 5.17 Å². The molecule has 0 radical (unpaired) electrons. The molecule has 3 heteroatoms. The van der Waals surface area contributed by atoms with Crippen LogP contribution in [0.1, 0.15) is 88.2 Å². The van der Waals surface area contributed by atoms with Gasteiger partial charge in [-0.05, 0) is 68.7 Å². The second-order valence-corrected chi connectivity index (χ2v) is 8.43. The van der Waals surface area contributed by atoms with E-state index in [9.17, 15) is 0 Å². The Morgan fingerprint density at radius 3 is 1.92 bits per heavy atom. The average molecular weight is 345 g/mol. The maximum absolute atomic E-state index is 4.79. The summed E-state index contributed by atoms with van der Waals surface area (Å²) in [4.78, 5) is 4.79. The Morgan fingerprint density at radius 1 is 1.00 bits per heavy atom. The van der Waals surface area contributed by atoms with Gasteiger partial charge in [-0.2, -0.15) is 0 Å². The van der Waals surface area contributed by atoms with Crippen LogP contribution in [-0.4, -0.2) is 17.5 Å². The summed E-state index contributed by atoms with van der Waals surface area (Å²) in [6.45, 7) is 4.30. The molecule has 1 N–H and O–H groups in total. The van der Waals surface area contributed by atoms with Crippen molar-refractivity contribution >= 4 is 22.6 Å². The van der Waals surface area contributed by atoms with Gasteiger partial charge in [0, 0.05) is 11.7 Å². The zero-order valence-corrected chi connectivity index (χ0v) is 16.3. The number of aliphatic imine (C=N–C) groups is 1. The molecule has 0 spiro atoms. The Bertz CT molecular complexity index is 533. The lowest BCUT2D eigenvalue weighted by Gasteiger charge is -2.23. The number of nitrogens with one attached hydrogen (secondary N) is 1. The molecule has 2 aliphatic carbocycles. The topological polar surface area (TPSA) is 24.4 Å². The lowest BCUT2D eigenvalue weighted by Crippen LogP contribution is -2.15. The first-order valence-electron chi connectivity index (χ1n) is 9.70. The Hall–Kier alpha value is -0.960. The average Bonchev–Trinajstić information content (AvgIpc) is 3.27. The van der Waals surface area contributed by atoms with E-state index in [-0.39, 0.29) is 0 Å². The molecule has 0 aliphatic heterocycles. The van der Waals surface area contributed by atoms with Gasteiger partial charge in [0.25, 0.3) is 0 Å². The normalized spacial score (nSPS) is 20.2. The van der Waals surface area contributed by atoms with E-state index in [4.69, 9.17) is 4.99 Å². The molecule has 0 atom stereocenters. The van der Waals surface area contributed by atoms with Crippen LogP contribution in [0.4, 0.5) is 5.69 Å². The van der Waals surface area contributed by atoms with Gasteiger partial charge >= 0.3 is 0 Å². The van der Waals surface area contributed by atoms with E-state index in [0.717, 1.165) is 17.0 Å². The first-order valence-corrected chi connectivity index (χ1v) is 10.9. The van der Waals surface area contributed by atoms with E-state index >= 15 is 0 Å². The molecular weight excluding hydrogens is 312 g/mol. The fraction of sp³-hybridized carbons (Fsp3) is 0.667. The molecule has 2 fully saturated rings. The van der Waals surface area contributed by atoms with Gasteiger partial charge < -0.3 is 5.32 Å². The summed E-state index contributed by atoms with van der Waals surface area (Å²) >= 11 is 1.73. The van der Waals surface area contributed by atoms with Crippen LogP contribution >= 0.6 is 11.8 Å². The third-order valence-electron chi connectivity index (χ3n) is 5.52. The maximum Gasteiger partial charge on any atom is 0.161 e. The number of para-hydroxylation sites is 1. The predicted molar refractivity (Wildman–Crippen MR) is 109 cm³/mol. The Kier molecular flexibility index (Phi) is 6.26. The van der Waals surface area contributed by atoms with Crippen LogP contribution in [0.3, 0.4) is 0 Å². The summed E-state index contributed by atoms with van der Waals surface area (Å²) in [6.07, 6.45) is 13.0. The Labute approximate surface area is 151 Å². The van der Waals surface area contributed by atoms with E-state index in [0.29, 0.717) is 6.04 Å². The van der Waals surface area contributed by atoms with Crippen molar-refractivity contribution in [3.8, 4) is 0 Å². The minimum Gasteiger partial charge on any atom is -0.335 e. The maximum atomic E-state index is 4.79. The summed E-state index contributed by atoms with van der Waals surface area (Å²) in [7, 11) is 0. The van der Waals surface area contributed by atoms with E-state index in [1.165, 1.54) is 57.1 Å². The van der Waals surface area contributed by atoms with Crippen LogP contribution in [0.2, 0.25) is 0 Å². The molecule has 0 saturated heterocycles. The number of hydrogen-bond acceptors (Lipinski definition) is 2. The van der Waals surface area contributed by atoms with Gasteiger partial charge in [0.1, 0.15) is 0 Å². The largest absolute Gasteiger partial charge is 0.335 e. The van der Waals surface area contributed by atoms with Crippen molar-refractivity contribution in [1.82, 2.24) is 0 Å². The zero-order chi connectivity index (χ0) is 16.9.